The van der Waals surface area contributed by atoms with E-state index in [1.54, 1.807) is 0 Å². The van der Waals surface area contributed by atoms with Crippen LogP contribution in [0.3, 0.4) is 0 Å². The van der Waals surface area contributed by atoms with Crippen molar-refractivity contribution in [3.8, 4) is 0 Å². The number of aliphatic carboxylic acids is 2. The molecule has 14 heteroatoms. The standard InChI is InChI=1S/C18H26N6O8/c19-10(7-25)15(28)22-11(4-9-6-20-8-21-9)16(29)23-12(5-14(26)27)17(30)24-3-1-2-13(24)18(31)32/h6,8,10-13,25H,1-5,7,19H2,(H,20,21)(H,22,28)(H,23,29)(H,26,27)(H,31,32). The number of carboxylic acids is 2. The van der Waals surface area contributed by atoms with E-state index in [4.69, 9.17) is 10.8 Å². The smallest absolute Gasteiger partial charge is 0.326 e. The largest absolute Gasteiger partial charge is 0.481 e. The van der Waals surface area contributed by atoms with Crippen LogP contribution in [0.5, 0.6) is 0 Å². The number of amides is 3. The molecule has 0 aliphatic carbocycles. The number of aromatic nitrogens is 2. The van der Waals surface area contributed by atoms with Crippen LogP contribution >= 0.6 is 0 Å². The summed E-state index contributed by atoms with van der Waals surface area (Å²) >= 11 is 0. The number of nitrogens with two attached hydrogens (primary N) is 1. The fourth-order valence-electron chi connectivity index (χ4n) is 3.32. The third kappa shape index (κ3) is 6.49. The summed E-state index contributed by atoms with van der Waals surface area (Å²) < 4.78 is 0. The van der Waals surface area contributed by atoms with Crippen LogP contribution in [0.1, 0.15) is 25.0 Å². The molecule has 1 aliphatic rings. The molecule has 32 heavy (non-hydrogen) atoms. The summed E-state index contributed by atoms with van der Waals surface area (Å²) in [7, 11) is 0. The van der Waals surface area contributed by atoms with Gasteiger partial charge in [-0.25, -0.2) is 9.78 Å². The van der Waals surface area contributed by atoms with Gasteiger partial charge >= 0.3 is 11.9 Å². The molecule has 0 radical (unpaired) electrons. The van der Waals surface area contributed by atoms with E-state index in [0.717, 1.165) is 4.90 Å². The molecule has 1 fully saturated rings. The highest BCUT2D eigenvalue weighted by molar-refractivity contribution is 5.95. The summed E-state index contributed by atoms with van der Waals surface area (Å²) in [6.07, 6.45) is 2.52. The quantitative estimate of drug-likeness (QED) is 0.177. The van der Waals surface area contributed by atoms with E-state index in [-0.39, 0.29) is 19.4 Å². The van der Waals surface area contributed by atoms with E-state index in [1.165, 1.54) is 12.5 Å². The average molecular weight is 454 g/mol. The molecule has 0 aromatic carbocycles. The zero-order chi connectivity index (χ0) is 23.8. The molecular formula is C18H26N6O8. The SMILES string of the molecule is NC(CO)C(=O)NC(Cc1cnc[nH]1)C(=O)NC(CC(=O)O)C(=O)N1CCCC1C(=O)O. The monoisotopic (exact) mass is 454 g/mol. The van der Waals surface area contributed by atoms with Gasteiger partial charge < -0.3 is 41.6 Å². The van der Waals surface area contributed by atoms with E-state index < -0.39 is 66.9 Å². The van der Waals surface area contributed by atoms with Crippen molar-refractivity contribution in [2.45, 2.75) is 49.9 Å². The van der Waals surface area contributed by atoms with Crippen molar-refractivity contribution in [3.63, 3.8) is 0 Å². The van der Waals surface area contributed by atoms with Gasteiger partial charge in [0.1, 0.15) is 24.2 Å². The Hall–Kier alpha value is -3.52. The number of H-pyrrole nitrogens is 1. The molecular weight excluding hydrogens is 428 g/mol. The van der Waals surface area contributed by atoms with Crippen LogP contribution < -0.4 is 16.4 Å². The molecule has 3 amide bonds. The number of nitrogens with one attached hydrogen (secondary N) is 3. The van der Waals surface area contributed by atoms with Gasteiger partial charge in [0.15, 0.2) is 0 Å². The maximum atomic E-state index is 12.9. The number of likely N-dealkylation sites (tertiary alicyclic amines) is 1. The number of aliphatic hydroxyl groups excluding tert-OH is 1. The summed E-state index contributed by atoms with van der Waals surface area (Å²) in [5.74, 6) is -5.17. The molecule has 14 nitrogen and oxygen atoms in total. The Morgan fingerprint density at radius 1 is 1.19 bits per heavy atom. The molecule has 0 spiro atoms. The predicted molar refractivity (Wildman–Crippen MR) is 106 cm³/mol. The lowest BCUT2D eigenvalue weighted by Gasteiger charge is -2.28. The van der Waals surface area contributed by atoms with Crippen LogP contribution in [0.4, 0.5) is 0 Å². The average Bonchev–Trinajstić information content (AvgIpc) is 3.43. The summed E-state index contributed by atoms with van der Waals surface area (Å²) in [6.45, 7) is -0.558. The van der Waals surface area contributed by atoms with Crippen molar-refractivity contribution < 1.29 is 39.3 Å². The van der Waals surface area contributed by atoms with Crippen LogP contribution in [0.15, 0.2) is 12.5 Å². The molecule has 1 aliphatic heterocycles. The van der Waals surface area contributed by atoms with Gasteiger partial charge in [0.2, 0.25) is 17.7 Å². The maximum Gasteiger partial charge on any atom is 0.326 e. The van der Waals surface area contributed by atoms with Gasteiger partial charge in [-0.3, -0.25) is 19.2 Å². The third-order valence-electron chi connectivity index (χ3n) is 4.96. The Morgan fingerprint density at radius 3 is 2.44 bits per heavy atom. The van der Waals surface area contributed by atoms with E-state index in [9.17, 15) is 34.2 Å². The highest BCUT2D eigenvalue weighted by Crippen LogP contribution is 2.19. The van der Waals surface area contributed by atoms with Gasteiger partial charge in [0.25, 0.3) is 0 Å². The molecule has 0 bridgehead atoms. The fraction of sp³-hybridized carbons (Fsp3) is 0.556. The molecule has 8 N–H and O–H groups in total. The van der Waals surface area contributed by atoms with E-state index >= 15 is 0 Å². The molecule has 0 saturated carbocycles. The van der Waals surface area contributed by atoms with Crippen molar-refractivity contribution in [1.29, 1.82) is 0 Å². The van der Waals surface area contributed by atoms with Crippen molar-refractivity contribution in [2.24, 2.45) is 5.73 Å². The third-order valence-corrected chi connectivity index (χ3v) is 4.96. The zero-order valence-electron chi connectivity index (χ0n) is 17.1. The van der Waals surface area contributed by atoms with Gasteiger partial charge in [-0.1, -0.05) is 0 Å². The minimum absolute atomic E-state index is 0.0921. The number of carbonyl (C=O) groups is 5. The van der Waals surface area contributed by atoms with Gasteiger partial charge in [0.05, 0.1) is 19.4 Å². The Bertz CT molecular complexity index is 845. The lowest BCUT2D eigenvalue weighted by Crippen LogP contribution is -2.58. The number of hydrogen-bond donors (Lipinski definition) is 7. The number of nitrogens with zero attached hydrogens (tertiary/aromatic N) is 2. The Kier molecular flexibility index (Phi) is 8.66. The highest BCUT2D eigenvalue weighted by atomic mass is 16.4. The second-order valence-electron chi connectivity index (χ2n) is 7.32. The van der Waals surface area contributed by atoms with Crippen molar-refractivity contribution in [2.75, 3.05) is 13.2 Å². The predicted octanol–water partition coefficient (Wildman–Crippen LogP) is -3.21. The second-order valence-corrected chi connectivity index (χ2v) is 7.32. The van der Waals surface area contributed by atoms with Gasteiger partial charge in [-0.2, -0.15) is 0 Å². The van der Waals surface area contributed by atoms with Gasteiger partial charge in [-0.15, -0.1) is 0 Å². The molecule has 176 valence electrons. The number of aliphatic hydroxyl groups is 1. The first-order valence-corrected chi connectivity index (χ1v) is 9.83. The van der Waals surface area contributed by atoms with E-state index in [2.05, 4.69) is 20.6 Å². The zero-order valence-corrected chi connectivity index (χ0v) is 17.1. The number of carboxylic acid groups (broad SMARTS) is 2. The van der Waals surface area contributed by atoms with E-state index in [0.29, 0.717) is 12.1 Å². The second kappa shape index (κ2) is 11.2. The first kappa shape index (κ1) is 24.7. The van der Waals surface area contributed by atoms with Crippen LogP contribution in [-0.2, 0) is 30.4 Å². The van der Waals surface area contributed by atoms with Crippen LogP contribution in [0.25, 0.3) is 0 Å². The van der Waals surface area contributed by atoms with Crippen molar-refractivity contribution in [1.82, 2.24) is 25.5 Å². The van der Waals surface area contributed by atoms with Crippen molar-refractivity contribution in [3.05, 3.63) is 18.2 Å². The summed E-state index contributed by atoms with van der Waals surface area (Å²) in [5, 5.41) is 32.2. The van der Waals surface area contributed by atoms with Crippen LogP contribution in [0, 0.1) is 0 Å². The summed E-state index contributed by atoms with van der Waals surface area (Å²) in [5.41, 5.74) is 5.93. The van der Waals surface area contributed by atoms with Crippen molar-refractivity contribution >= 4 is 29.7 Å². The highest BCUT2D eigenvalue weighted by Gasteiger charge is 2.39. The topological polar surface area (TPSA) is 228 Å². The van der Waals surface area contributed by atoms with Gasteiger partial charge in [0, 0.05) is 24.9 Å². The lowest BCUT2D eigenvalue weighted by molar-refractivity contribution is -0.150. The minimum Gasteiger partial charge on any atom is -0.481 e. The first-order chi connectivity index (χ1) is 15.1. The Morgan fingerprint density at radius 2 is 1.88 bits per heavy atom. The molecule has 1 saturated heterocycles. The number of aromatic amines is 1. The molecule has 4 unspecified atom stereocenters. The number of rotatable bonds is 11. The van der Waals surface area contributed by atoms with Crippen LogP contribution in [0.2, 0.25) is 0 Å². The normalized spacial score (nSPS) is 18.4. The molecule has 1 aromatic heterocycles. The Balaban J connectivity index is 2.20. The fourth-order valence-corrected chi connectivity index (χ4v) is 3.32. The number of imidazole rings is 1. The van der Waals surface area contributed by atoms with Gasteiger partial charge in [-0.05, 0) is 12.8 Å². The first-order valence-electron chi connectivity index (χ1n) is 9.83. The molecule has 2 heterocycles. The lowest BCUT2D eigenvalue weighted by atomic mass is 10.1. The molecule has 2 rings (SSSR count). The summed E-state index contributed by atoms with van der Waals surface area (Å²) in [6, 6.07) is -5.24. The minimum atomic E-state index is -1.55. The molecule has 1 aromatic rings. The number of carbonyl (C=O) groups excluding carboxylic acids is 3. The molecule has 4 atom stereocenters. The summed E-state index contributed by atoms with van der Waals surface area (Å²) in [4.78, 5) is 68.2. The Labute approximate surface area is 182 Å². The number of hydrogen-bond acceptors (Lipinski definition) is 8. The maximum absolute atomic E-state index is 12.9. The van der Waals surface area contributed by atoms with Crippen LogP contribution in [-0.4, -0.2) is 97.2 Å². The van der Waals surface area contributed by atoms with E-state index in [1.807, 2.05) is 0 Å².